The Hall–Kier alpha value is -2.88. The Morgan fingerprint density at radius 3 is 2.29 bits per heavy atom. The Balaban J connectivity index is 2.00. The molecule has 0 radical (unpaired) electrons. The number of hydrogen-bond donors (Lipinski definition) is 0. The van der Waals surface area contributed by atoms with Gasteiger partial charge in [0.2, 0.25) is 0 Å². The van der Waals surface area contributed by atoms with Crippen molar-refractivity contribution in [2.45, 2.75) is 0 Å². The number of benzene rings is 2. The molecule has 0 amide bonds. The minimum Gasteiger partial charge on any atom is -0.546 e. The highest BCUT2D eigenvalue weighted by molar-refractivity contribution is 6.06. The van der Waals surface area contributed by atoms with E-state index < -0.39 is 12.6 Å². The number of carbonyl (C=O) groups is 2. The Bertz CT molecular complexity index is 642. The molecule has 106 valence electrons. The highest BCUT2D eigenvalue weighted by atomic mass is 16.5. The van der Waals surface area contributed by atoms with Gasteiger partial charge in [0.05, 0.1) is 5.97 Å². The average molecular weight is 281 g/mol. The molecule has 0 saturated carbocycles. The first-order valence-corrected chi connectivity index (χ1v) is 6.35. The van der Waals surface area contributed by atoms with E-state index in [0.717, 1.165) is 5.56 Å². The summed E-state index contributed by atoms with van der Waals surface area (Å²) >= 11 is 0. The number of hydrogen-bond acceptors (Lipinski definition) is 4. The number of ether oxygens (including phenoxy) is 1. The van der Waals surface area contributed by atoms with Crippen LogP contribution in [-0.2, 0) is 4.79 Å². The second-order valence-electron chi connectivity index (χ2n) is 4.29. The zero-order valence-electron chi connectivity index (χ0n) is 11.2. The molecule has 0 aliphatic rings. The Kier molecular flexibility index (Phi) is 4.88. The smallest absolute Gasteiger partial charge is 0.185 e. The second-order valence-corrected chi connectivity index (χ2v) is 4.29. The van der Waals surface area contributed by atoms with Gasteiger partial charge in [-0.15, -0.1) is 0 Å². The SMILES string of the molecule is O=C([O-])COc1ccc(C(=O)/C=C/c2ccccc2)cc1. The van der Waals surface area contributed by atoms with Crippen molar-refractivity contribution in [2.75, 3.05) is 6.61 Å². The standard InChI is InChI=1S/C17H14O4/c18-16(11-6-13-4-2-1-3-5-13)14-7-9-15(10-8-14)21-12-17(19)20/h1-11H,12H2,(H,19,20)/p-1/b11-6+. The van der Waals surface area contributed by atoms with Gasteiger partial charge in [0.15, 0.2) is 5.78 Å². The topological polar surface area (TPSA) is 66.4 Å². The number of rotatable bonds is 6. The molecular weight excluding hydrogens is 268 g/mol. The second kappa shape index (κ2) is 7.05. The van der Waals surface area contributed by atoms with Gasteiger partial charge in [-0.3, -0.25) is 4.79 Å². The minimum absolute atomic E-state index is 0.134. The van der Waals surface area contributed by atoms with Crippen LogP contribution in [0.5, 0.6) is 5.75 Å². The van der Waals surface area contributed by atoms with Crippen molar-refractivity contribution < 1.29 is 19.4 Å². The molecule has 0 fully saturated rings. The third-order valence-corrected chi connectivity index (χ3v) is 2.72. The van der Waals surface area contributed by atoms with E-state index in [0.29, 0.717) is 11.3 Å². The molecule has 2 aromatic rings. The highest BCUT2D eigenvalue weighted by Crippen LogP contribution is 2.13. The van der Waals surface area contributed by atoms with Gasteiger partial charge in [0.25, 0.3) is 0 Å². The Morgan fingerprint density at radius 2 is 1.67 bits per heavy atom. The van der Waals surface area contributed by atoms with E-state index in [1.165, 1.54) is 6.08 Å². The van der Waals surface area contributed by atoms with Crippen molar-refractivity contribution in [3.63, 3.8) is 0 Å². The van der Waals surface area contributed by atoms with Gasteiger partial charge in [0, 0.05) is 5.56 Å². The number of ketones is 1. The van der Waals surface area contributed by atoms with E-state index in [2.05, 4.69) is 0 Å². The van der Waals surface area contributed by atoms with Gasteiger partial charge in [-0.1, -0.05) is 36.4 Å². The highest BCUT2D eigenvalue weighted by Gasteiger charge is 2.02. The van der Waals surface area contributed by atoms with Crippen molar-refractivity contribution in [1.82, 2.24) is 0 Å². The first-order chi connectivity index (χ1) is 10.1. The van der Waals surface area contributed by atoms with Crippen LogP contribution in [-0.4, -0.2) is 18.4 Å². The fourth-order valence-corrected chi connectivity index (χ4v) is 1.69. The lowest BCUT2D eigenvalue weighted by atomic mass is 10.1. The maximum absolute atomic E-state index is 12.0. The quantitative estimate of drug-likeness (QED) is 0.597. The van der Waals surface area contributed by atoms with E-state index in [1.807, 2.05) is 30.3 Å². The van der Waals surface area contributed by atoms with Gasteiger partial charge >= 0.3 is 0 Å². The van der Waals surface area contributed by atoms with Gasteiger partial charge in [0.1, 0.15) is 12.4 Å². The van der Waals surface area contributed by atoms with E-state index in [1.54, 1.807) is 30.3 Å². The van der Waals surface area contributed by atoms with Crippen LogP contribution in [0.3, 0.4) is 0 Å². The van der Waals surface area contributed by atoms with Crippen LogP contribution in [0.15, 0.2) is 60.7 Å². The van der Waals surface area contributed by atoms with Crippen LogP contribution in [0.25, 0.3) is 6.08 Å². The predicted octanol–water partition coefficient (Wildman–Crippen LogP) is 1.71. The van der Waals surface area contributed by atoms with Gasteiger partial charge in [-0.05, 0) is 35.9 Å². The molecule has 2 aromatic carbocycles. The van der Waals surface area contributed by atoms with Gasteiger partial charge in [-0.2, -0.15) is 0 Å². The molecule has 0 aliphatic heterocycles. The monoisotopic (exact) mass is 281 g/mol. The molecule has 4 nitrogen and oxygen atoms in total. The van der Waals surface area contributed by atoms with E-state index in [9.17, 15) is 14.7 Å². The maximum atomic E-state index is 12.0. The van der Waals surface area contributed by atoms with Gasteiger partial charge < -0.3 is 14.6 Å². The van der Waals surface area contributed by atoms with Crippen molar-refractivity contribution >= 4 is 17.8 Å². The summed E-state index contributed by atoms with van der Waals surface area (Å²) in [7, 11) is 0. The molecule has 0 bridgehead atoms. The van der Waals surface area contributed by atoms with E-state index >= 15 is 0 Å². The molecule has 0 aliphatic carbocycles. The third-order valence-electron chi connectivity index (χ3n) is 2.72. The fourth-order valence-electron chi connectivity index (χ4n) is 1.69. The Morgan fingerprint density at radius 1 is 1.00 bits per heavy atom. The molecular formula is C17H13O4-. The molecule has 0 N–H and O–H groups in total. The van der Waals surface area contributed by atoms with Crippen molar-refractivity contribution in [3.05, 3.63) is 71.8 Å². The Labute approximate surface area is 122 Å². The summed E-state index contributed by atoms with van der Waals surface area (Å²) in [5.41, 5.74) is 1.45. The molecule has 0 aromatic heterocycles. The van der Waals surface area contributed by atoms with Crippen LogP contribution in [0, 0.1) is 0 Å². The normalized spacial score (nSPS) is 10.5. The largest absolute Gasteiger partial charge is 0.546 e. The fraction of sp³-hybridized carbons (Fsp3) is 0.0588. The average Bonchev–Trinajstić information content (AvgIpc) is 2.52. The number of carbonyl (C=O) groups excluding carboxylic acids is 2. The zero-order valence-corrected chi connectivity index (χ0v) is 11.2. The summed E-state index contributed by atoms with van der Waals surface area (Å²) in [6.07, 6.45) is 3.23. The van der Waals surface area contributed by atoms with E-state index in [4.69, 9.17) is 4.74 Å². The van der Waals surface area contributed by atoms with Crippen LogP contribution in [0.4, 0.5) is 0 Å². The van der Waals surface area contributed by atoms with E-state index in [-0.39, 0.29) is 5.78 Å². The molecule has 0 spiro atoms. The molecule has 21 heavy (non-hydrogen) atoms. The van der Waals surface area contributed by atoms with Crippen LogP contribution < -0.4 is 9.84 Å². The van der Waals surface area contributed by atoms with Crippen LogP contribution in [0.1, 0.15) is 15.9 Å². The summed E-state index contributed by atoms with van der Waals surface area (Å²) in [6.45, 7) is -0.513. The number of aliphatic carboxylic acids is 1. The van der Waals surface area contributed by atoms with Crippen molar-refractivity contribution in [1.29, 1.82) is 0 Å². The summed E-state index contributed by atoms with van der Waals surface area (Å²) in [5, 5.41) is 10.3. The summed E-state index contributed by atoms with van der Waals surface area (Å²) in [5.74, 6) is -1.05. The lowest BCUT2D eigenvalue weighted by Crippen LogP contribution is -2.28. The summed E-state index contributed by atoms with van der Waals surface area (Å²) in [4.78, 5) is 22.2. The number of allylic oxidation sites excluding steroid dienone is 1. The van der Waals surface area contributed by atoms with Crippen molar-refractivity contribution in [3.8, 4) is 5.75 Å². The first-order valence-electron chi connectivity index (χ1n) is 6.35. The molecule has 0 unspecified atom stereocenters. The van der Waals surface area contributed by atoms with Crippen molar-refractivity contribution in [2.24, 2.45) is 0 Å². The van der Waals surface area contributed by atoms with Crippen LogP contribution >= 0.6 is 0 Å². The molecule has 4 heteroatoms. The number of carboxylic acids is 1. The third kappa shape index (κ3) is 4.62. The minimum atomic E-state index is -1.29. The lowest BCUT2D eigenvalue weighted by molar-refractivity contribution is -0.307. The lowest BCUT2D eigenvalue weighted by Gasteiger charge is -2.06. The molecule has 0 atom stereocenters. The van der Waals surface area contributed by atoms with Crippen LogP contribution in [0.2, 0.25) is 0 Å². The summed E-state index contributed by atoms with van der Waals surface area (Å²) < 4.78 is 4.94. The first kappa shape index (κ1) is 14.5. The molecule has 2 rings (SSSR count). The molecule has 0 heterocycles. The number of carboxylic acid groups (broad SMARTS) is 1. The molecule has 0 saturated heterocycles. The zero-order chi connectivity index (χ0) is 15.1. The predicted molar refractivity (Wildman–Crippen MR) is 76.8 cm³/mol. The van der Waals surface area contributed by atoms with Gasteiger partial charge in [-0.25, -0.2) is 0 Å². The summed E-state index contributed by atoms with van der Waals surface area (Å²) in [6, 6.07) is 15.8. The maximum Gasteiger partial charge on any atom is 0.185 e.